The first-order valence-electron chi connectivity index (χ1n) is 15.4. The molecule has 0 aliphatic carbocycles. The van der Waals surface area contributed by atoms with Crippen molar-refractivity contribution in [1.82, 2.24) is 19.9 Å². The summed E-state index contributed by atoms with van der Waals surface area (Å²) in [5, 5.41) is 10.5. The van der Waals surface area contributed by atoms with Crippen LogP contribution in [0.1, 0.15) is 60.0 Å². The van der Waals surface area contributed by atoms with E-state index in [9.17, 15) is 53.6 Å². The highest BCUT2D eigenvalue weighted by Crippen LogP contribution is 2.43. The van der Waals surface area contributed by atoms with E-state index in [4.69, 9.17) is 9.47 Å². The number of carboxylic acid groups (broad SMARTS) is 1. The number of methoxy groups -OCH3 is 1. The molecule has 0 amide bonds. The Morgan fingerprint density at radius 3 is 2.00 bits per heavy atom. The van der Waals surface area contributed by atoms with Gasteiger partial charge < -0.3 is 24.3 Å². The maximum absolute atomic E-state index is 14.2. The number of carbonyl (C=O) groups is 1. The number of nitrogens with zero attached hydrogens (tertiary/aromatic N) is 5. The summed E-state index contributed by atoms with van der Waals surface area (Å²) in [6, 6.07) is 2.15. The van der Waals surface area contributed by atoms with Crippen LogP contribution >= 0.6 is 0 Å². The standard InChI is InChI=1S/C33H30F9N5O5S/c1-4-25(24-13-19(31(34,35)36)7-8-23(24)28-26(51-2)16-45-30(46-28)53(3)50)47(29-43-14-22(15-44-29)52-9-5-6-27(48)49)17-18-10-20(32(37,38)39)12-21(11-18)33(40,41)42/h7-8,10-16,25H,4-6,9,17H2,1-3H3,(H,48,49)/p-1. The summed E-state index contributed by atoms with van der Waals surface area (Å²) in [5.41, 5.74) is -5.22. The van der Waals surface area contributed by atoms with Gasteiger partial charge in [-0.05, 0) is 60.7 Å². The van der Waals surface area contributed by atoms with Gasteiger partial charge in [-0.25, -0.2) is 19.9 Å². The van der Waals surface area contributed by atoms with Crippen LogP contribution in [0.4, 0.5) is 45.5 Å². The minimum Gasteiger partial charge on any atom is -0.550 e. The normalized spacial score (nSPS) is 13.4. The van der Waals surface area contributed by atoms with Crippen molar-refractivity contribution < 1.29 is 63.1 Å². The van der Waals surface area contributed by atoms with Crippen LogP contribution in [0.25, 0.3) is 11.3 Å². The summed E-state index contributed by atoms with van der Waals surface area (Å²) in [6.07, 6.45) is -11.1. The predicted octanol–water partition coefficient (Wildman–Crippen LogP) is 6.80. The zero-order valence-corrected chi connectivity index (χ0v) is 28.7. The molecular formula is C33H29F9N5O5S-. The fourth-order valence-corrected chi connectivity index (χ4v) is 5.66. The number of ether oxygens (including phenoxy) is 2. The average Bonchev–Trinajstić information content (AvgIpc) is 3.08. The van der Waals surface area contributed by atoms with Crippen LogP contribution in [0.15, 0.2) is 60.1 Å². The molecule has 0 saturated carbocycles. The Morgan fingerprint density at radius 2 is 1.49 bits per heavy atom. The van der Waals surface area contributed by atoms with Crippen molar-refractivity contribution >= 4 is 22.7 Å². The van der Waals surface area contributed by atoms with E-state index in [-0.39, 0.29) is 71.4 Å². The van der Waals surface area contributed by atoms with Gasteiger partial charge in [0.15, 0.2) is 11.5 Å². The molecule has 0 aliphatic heterocycles. The van der Waals surface area contributed by atoms with Gasteiger partial charge in [-0.2, -0.15) is 39.5 Å². The molecule has 2 atom stereocenters. The van der Waals surface area contributed by atoms with E-state index >= 15 is 0 Å². The fraction of sp³-hybridized carbons (Fsp3) is 0.364. The molecule has 0 N–H and O–H groups in total. The number of benzene rings is 2. The Bertz CT molecular complexity index is 1910. The Morgan fingerprint density at radius 1 is 0.887 bits per heavy atom. The summed E-state index contributed by atoms with van der Waals surface area (Å²) in [5.74, 6) is -1.70. The number of hydrogen-bond acceptors (Lipinski definition) is 10. The predicted molar refractivity (Wildman–Crippen MR) is 169 cm³/mol. The molecule has 286 valence electrons. The summed E-state index contributed by atoms with van der Waals surface area (Å²) in [6.45, 7) is 0.618. The van der Waals surface area contributed by atoms with Crippen LogP contribution in [-0.2, 0) is 40.7 Å². The molecule has 0 fully saturated rings. The van der Waals surface area contributed by atoms with E-state index in [1.807, 2.05) is 0 Å². The van der Waals surface area contributed by atoms with Gasteiger partial charge >= 0.3 is 18.5 Å². The number of aromatic nitrogens is 4. The van der Waals surface area contributed by atoms with Crippen LogP contribution < -0.4 is 19.5 Å². The van der Waals surface area contributed by atoms with Crippen molar-refractivity contribution in [1.29, 1.82) is 0 Å². The third-order valence-electron chi connectivity index (χ3n) is 7.63. The molecule has 20 heteroatoms. The van der Waals surface area contributed by atoms with Crippen LogP contribution in [0.3, 0.4) is 0 Å². The smallest absolute Gasteiger partial charge is 0.416 e. The van der Waals surface area contributed by atoms with Gasteiger partial charge in [0.05, 0.1) is 65.8 Å². The minimum atomic E-state index is -5.20. The summed E-state index contributed by atoms with van der Waals surface area (Å²) >= 11 is 0. The second-order valence-electron chi connectivity index (χ2n) is 11.3. The number of aliphatic carboxylic acids is 1. The van der Waals surface area contributed by atoms with E-state index in [0.717, 1.165) is 41.7 Å². The zero-order valence-electron chi connectivity index (χ0n) is 27.9. The van der Waals surface area contributed by atoms with E-state index < -0.39 is 70.1 Å². The minimum absolute atomic E-state index is 0.00379. The topological polar surface area (TPSA) is 130 Å². The number of carboxylic acids is 1. The Labute approximate surface area is 298 Å². The molecule has 2 unspecified atom stereocenters. The Kier molecular flexibility index (Phi) is 12.6. The molecule has 0 radical (unpaired) electrons. The van der Waals surface area contributed by atoms with Gasteiger partial charge in [-0.15, -0.1) is 0 Å². The van der Waals surface area contributed by atoms with E-state index in [1.54, 1.807) is 0 Å². The number of alkyl halides is 9. The number of rotatable bonds is 14. The second-order valence-corrected chi connectivity index (χ2v) is 12.6. The van der Waals surface area contributed by atoms with Gasteiger partial charge in [0.1, 0.15) is 5.69 Å². The number of carbonyl (C=O) groups excluding carboxylic acids is 1. The van der Waals surface area contributed by atoms with Gasteiger partial charge in [0, 0.05) is 24.3 Å². The van der Waals surface area contributed by atoms with Gasteiger partial charge in [-0.1, -0.05) is 13.0 Å². The van der Waals surface area contributed by atoms with Gasteiger partial charge in [0.25, 0.3) is 0 Å². The van der Waals surface area contributed by atoms with E-state index in [1.165, 1.54) is 20.3 Å². The summed E-state index contributed by atoms with van der Waals surface area (Å²) in [4.78, 5) is 28.4. The molecule has 2 aromatic carbocycles. The molecule has 4 rings (SSSR count). The quantitative estimate of drug-likeness (QED) is 0.0766. The molecule has 0 spiro atoms. The maximum atomic E-state index is 14.2. The third-order valence-corrected chi connectivity index (χ3v) is 8.34. The number of hydrogen-bond donors (Lipinski definition) is 0. The highest BCUT2D eigenvalue weighted by Gasteiger charge is 2.38. The molecule has 0 bridgehead atoms. The van der Waals surface area contributed by atoms with Crippen molar-refractivity contribution in [3.63, 3.8) is 0 Å². The van der Waals surface area contributed by atoms with Gasteiger partial charge in [-0.3, -0.25) is 4.21 Å². The lowest BCUT2D eigenvalue weighted by Crippen LogP contribution is -2.31. The summed E-state index contributed by atoms with van der Waals surface area (Å²) < 4.78 is 149. The SMILES string of the molecule is CCC(c1cc(C(F)(F)F)ccc1-c1nc(S(C)=O)ncc1OC)N(Cc1cc(C(F)(F)F)cc(C(F)(F)F)c1)c1ncc(OCCCC(=O)[O-])cn1. The molecule has 2 heterocycles. The van der Waals surface area contributed by atoms with Gasteiger partial charge in [0.2, 0.25) is 11.1 Å². The van der Waals surface area contributed by atoms with Crippen molar-refractivity contribution in [2.75, 3.05) is 24.9 Å². The number of halogens is 9. The summed E-state index contributed by atoms with van der Waals surface area (Å²) in [7, 11) is -0.547. The lowest BCUT2D eigenvalue weighted by atomic mass is 9.92. The molecule has 4 aromatic rings. The second kappa shape index (κ2) is 16.3. The number of anilines is 1. The first kappa shape index (κ1) is 40.8. The van der Waals surface area contributed by atoms with Crippen LogP contribution in [0.5, 0.6) is 11.5 Å². The molecule has 0 aliphatic rings. The van der Waals surface area contributed by atoms with E-state index in [0.29, 0.717) is 12.1 Å². The first-order valence-corrected chi connectivity index (χ1v) is 16.9. The molecular weight excluding hydrogens is 749 g/mol. The van der Waals surface area contributed by atoms with E-state index in [2.05, 4.69) is 19.9 Å². The fourth-order valence-electron chi connectivity index (χ4n) is 5.24. The largest absolute Gasteiger partial charge is 0.550 e. The lowest BCUT2D eigenvalue weighted by Gasteiger charge is -2.34. The maximum Gasteiger partial charge on any atom is 0.416 e. The van der Waals surface area contributed by atoms with Crippen molar-refractivity contribution in [2.45, 2.75) is 62.5 Å². The van der Waals surface area contributed by atoms with Crippen LogP contribution in [0.2, 0.25) is 0 Å². The monoisotopic (exact) mass is 778 g/mol. The van der Waals surface area contributed by atoms with Crippen LogP contribution in [0, 0.1) is 0 Å². The molecule has 53 heavy (non-hydrogen) atoms. The van der Waals surface area contributed by atoms with Crippen molar-refractivity contribution in [3.8, 4) is 22.8 Å². The van der Waals surface area contributed by atoms with Crippen molar-refractivity contribution in [3.05, 3.63) is 82.8 Å². The highest BCUT2D eigenvalue weighted by molar-refractivity contribution is 7.84. The lowest BCUT2D eigenvalue weighted by molar-refractivity contribution is -0.305. The van der Waals surface area contributed by atoms with Crippen molar-refractivity contribution in [2.24, 2.45) is 0 Å². The van der Waals surface area contributed by atoms with Crippen LogP contribution in [-0.4, -0.2) is 50.1 Å². The first-order chi connectivity index (χ1) is 24.7. The molecule has 0 saturated heterocycles. The molecule has 2 aromatic heterocycles. The average molecular weight is 779 g/mol. The Balaban J connectivity index is 1.97. The third kappa shape index (κ3) is 10.3. The molecule has 10 nitrogen and oxygen atoms in total. The zero-order chi connectivity index (χ0) is 39.3. The highest BCUT2D eigenvalue weighted by atomic mass is 32.2. The Hall–Kier alpha value is -5.01.